The Balaban J connectivity index is 1.09. The SMILES string of the molecule is CCOC(=O)C(C)(C)NC(=O)c1nnc2ccc(OCCCN3CCC(OC(c4ccccc4)c4ccccc4)CC3)nn12. The molecule has 0 bridgehead atoms. The van der Waals surface area contributed by atoms with Gasteiger partial charge in [-0.2, -0.15) is 4.52 Å². The van der Waals surface area contributed by atoms with E-state index in [1.165, 1.54) is 15.6 Å². The van der Waals surface area contributed by atoms with Crippen molar-refractivity contribution in [2.24, 2.45) is 0 Å². The van der Waals surface area contributed by atoms with Crippen LogP contribution in [0.1, 0.15) is 67.9 Å². The zero-order valence-corrected chi connectivity index (χ0v) is 25.5. The third-order valence-corrected chi connectivity index (χ3v) is 7.59. The summed E-state index contributed by atoms with van der Waals surface area (Å²) in [5.74, 6) is -0.823. The second-order valence-electron chi connectivity index (χ2n) is 11.3. The van der Waals surface area contributed by atoms with Gasteiger partial charge in [0, 0.05) is 25.7 Å². The number of nitrogens with one attached hydrogen (secondary N) is 1. The van der Waals surface area contributed by atoms with Crippen LogP contribution in [0.2, 0.25) is 0 Å². The highest BCUT2D eigenvalue weighted by Crippen LogP contribution is 2.30. The minimum Gasteiger partial charge on any atom is -0.477 e. The van der Waals surface area contributed by atoms with E-state index in [0.717, 1.165) is 38.9 Å². The van der Waals surface area contributed by atoms with Crippen LogP contribution < -0.4 is 10.1 Å². The lowest BCUT2D eigenvalue weighted by molar-refractivity contribution is -0.149. The van der Waals surface area contributed by atoms with E-state index in [4.69, 9.17) is 14.2 Å². The van der Waals surface area contributed by atoms with Gasteiger partial charge in [0.15, 0.2) is 5.65 Å². The van der Waals surface area contributed by atoms with Crippen molar-refractivity contribution in [2.45, 2.75) is 57.8 Å². The zero-order valence-electron chi connectivity index (χ0n) is 25.5. The van der Waals surface area contributed by atoms with Gasteiger partial charge < -0.3 is 24.4 Å². The van der Waals surface area contributed by atoms with E-state index < -0.39 is 17.4 Å². The Morgan fingerprint density at radius 3 is 2.25 bits per heavy atom. The molecule has 1 aliphatic heterocycles. The molecule has 0 aliphatic carbocycles. The standard InChI is InChI=1S/C33H40N6O5/c1-4-42-32(41)33(2,3)34-31(40)30-36-35-27-16-17-28(37-39(27)30)43-23-11-20-38-21-18-26(19-22-38)44-29(24-12-7-5-8-13-24)25-14-9-6-10-15-25/h5-10,12-17,26,29H,4,11,18-23H2,1-3H3,(H,34,40). The lowest BCUT2D eigenvalue weighted by atomic mass is 10.00. The number of ether oxygens (including phenoxy) is 3. The van der Waals surface area contributed by atoms with E-state index in [1.54, 1.807) is 32.9 Å². The number of benzene rings is 2. The van der Waals surface area contributed by atoms with Gasteiger partial charge in [0.2, 0.25) is 11.7 Å². The lowest BCUT2D eigenvalue weighted by Crippen LogP contribution is -2.51. The molecule has 3 heterocycles. The predicted molar refractivity (Wildman–Crippen MR) is 164 cm³/mol. The van der Waals surface area contributed by atoms with E-state index in [1.807, 2.05) is 12.1 Å². The van der Waals surface area contributed by atoms with Crippen molar-refractivity contribution in [1.29, 1.82) is 0 Å². The minimum absolute atomic E-state index is 0.0466. The zero-order chi connectivity index (χ0) is 30.9. The minimum atomic E-state index is -1.24. The highest BCUT2D eigenvalue weighted by atomic mass is 16.5. The Morgan fingerprint density at radius 1 is 0.955 bits per heavy atom. The fraction of sp³-hybridized carbons (Fsp3) is 0.424. The van der Waals surface area contributed by atoms with Crippen molar-refractivity contribution in [3.63, 3.8) is 0 Å². The normalized spacial score (nSPS) is 14.5. The van der Waals surface area contributed by atoms with Gasteiger partial charge >= 0.3 is 5.97 Å². The summed E-state index contributed by atoms with van der Waals surface area (Å²) in [5.41, 5.74) is 1.50. The highest BCUT2D eigenvalue weighted by Gasteiger charge is 2.33. The maximum Gasteiger partial charge on any atom is 0.331 e. The second kappa shape index (κ2) is 14.4. The fourth-order valence-corrected chi connectivity index (χ4v) is 5.22. The van der Waals surface area contributed by atoms with Gasteiger partial charge in [-0.25, -0.2) is 4.79 Å². The first-order valence-electron chi connectivity index (χ1n) is 15.2. The number of piperidine rings is 1. The van der Waals surface area contributed by atoms with Crippen LogP contribution in [0.5, 0.6) is 5.88 Å². The van der Waals surface area contributed by atoms with Crippen LogP contribution in [0.15, 0.2) is 72.8 Å². The van der Waals surface area contributed by atoms with Crippen molar-refractivity contribution in [2.75, 3.05) is 32.8 Å². The van der Waals surface area contributed by atoms with Gasteiger partial charge in [0.25, 0.3) is 5.91 Å². The van der Waals surface area contributed by atoms with Gasteiger partial charge in [-0.3, -0.25) is 4.79 Å². The number of hydrogen-bond acceptors (Lipinski definition) is 9. The molecule has 0 saturated carbocycles. The van der Waals surface area contributed by atoms with Gasteiger partial charge in [-0.1, -0.05) is 60.7 Å². The Morgan fingerprint density at radius 2 is 1.61 bits per heavy atom. The molecule has 232 valence electrons. The average molecular weight is 601 g/mol. The van der Waals surface area contributed by atoms with Crippen molar-refractivity contribution < 1.29 is 23.8 Å². The van der Waals surface area contributed by atoms with Crippen molar-refractivity contribution in [1.82, 2.24) is 30.0 Å². The highest BCUT2D eigenvalue weighted by molar-refractivity contribution is 5.95. The monoisotopic (exact) mass is 600 g/mol. The number of hydrogen-bond donors (Lipinski definition) is 1. The number of nitrogens with zero attached hydrogens (tertiary/aromatic N) is 5. The average Bonchev–Trinajstić information content (AvgIpc) is 3.47. The lowest BCUT2D eigenvalue weighted by Gasteiger charge is -2.34. The summed E-state index contributed by atoms with van der Waals surface area (Å²) in [4.78, 5) is 27.5. The van der Waals surface area contributed by atoms with Crippen LogP contribution in [0.3, 0.4) is 0 Å². The van der Waals surface area contributed by atoms with Gasteiger partial charge in [0.05, 0.1) is 19.3 Å². The van der Waals surface area contributed by atoms with Crippen LogP contribution in [0, 0.1) is 0 Å². The molecule has 1 aliphatic rings. The van der Waals surface area contributed by atoms with E-state index in [0.29, 0.717) is 18.1 Å². The Kier molecular flexibility index (Phi) is 10.2. The molecule has 0 atom stereocenters. The fourth-order valence-electron chi connectivity index (χ4n) is 5.22. The number of amides is 1. The van der Waals surface area contributed by atoms with Crippen molar-refractivity contribution in [3.05, 3.63) is 89.7 Å². The van der Waals surface area contributed by atoms with Crippen LogP contribution >= 0.6 is 0 Å². The predicted octanol–water partition coefficient (Wildman–Crippen LogP) is 4.24. The van der Waals surface area contributed by atoms with Gasteiger partial charge in [-0.15, -0.1) is 15.3 Å². The van der Waals surface area contributed by atoms with E-state index in [9.17, 15) is 9.59 Å². The summed E-state index contributed by atoms with van der Waals surface area (Å²) in [6.07, 6.45) is 2.89. The molecule has 11 nitrogen and oxygen atoms in total. The summed E-state index contributed by atoms with van der Waals surface area (Å²) in [7, 11) is 0. The molecule has 0 radical (unpaired) electrons. The van der Waals surface area contributed by atoms with Gasteiger partial charge in [0.1, 0.15) is 11.6 Å². The molecule has 1 fully saturated rings. The molecule has 2 aromatic carbocycles. The smallest absolute Gasteiger partial charge is 0.331 e. The first-order valence-corrected chi connectivity index (χ1v) is 15.2. The van der Waals surface area contributed by atoms with E-state index in [2.05, 4.69) is 74.0 Å². The first-order chi connectivity index (χ1) is 21.3. The van der Waals surface area contributed by atoms with E-state index >= 15 is 0 Å². The van der Waals surface area contributed by atoms with Crippen LogP contribution in [0.4, 0.5) is 0 Å². The summed E-state index contributed by atoms with van der Waals surface area (Å²) in [6.45, 7) is 8.35. The molecule has 5 rings (SSSR count). The molecule has 11 heteroatoms. The van der Waals surface area contributed by atoms with E-state index in [-0.39, 0.29) is 24.6 Å². The maximum atomic E-state index is 12.9. The molecule has 0 spiro atoms. The number of esters is 1. The topological polar surface area (TPSA) is 120 Å². The third-order valence-electron chi connectivity index (χ3n) is 7.59. The molecular formula is C33H40N6O5. The number of carbonyl (C=O) groups excluding carboxylic acids is 2. The second-order valence-corrected chi connectivity index (χ2v) is 11.3. The third kappa shape index (κ3) is 7.78. The first kappa shape index (κ1) is 31.1. The molecule has 1 saturated heterocycles. The van der Waals surface area contributed by atoms with Crippen molar-refractivity contribution in [3.8, 4) is 5.88 Å². The molecule has 4 aromatic rings. The van der Waals surface area contributed by atoms with Gasteiger partial charge in [-0.05, 0) is 57.2 Å². The number of rotatable bonds is 13. The summed E-state index contributed by atoms with van der Waals surface area (Å²) >= 11 is 0. The number of likely N-dealkylation sites (tertiary alicyclic amines) is 1. The molecule has 1 amide bonds. The molecule has 44 heavy (non-hydrogen) atoms. The molecule has 1 N–H and O–H groups in total. The largest absolute Gasteiger partial charge is 0.477 e. The Hall–Kier alpha value is -4.35. The quantitative estimate of drug-likeness (QED) is 0.178. The maximum absolute atomic E-state index is 12.9. The van der Waals surface area contributed by atoms with Crippen LogP contribution in [0.25, 0.3) is 5.65 Å². The molecule has 0 unspecified atom stereocenters. The number of carbonyl (C=O) groups is 2. The summed E-state index contributed by atoms with van der Waals surface area (Å²) < 4.78 is 18.9. The Bertz CT molecular complexity index is 1480. The summed E-state index contributed by atoms with van der Waals surface area (Å²) in [5, 5.41) is 15.0. The Labute approximate surface area is 257 Å². The number of fused-ring (bicyclic) bond motifs is 1. The number of aromatic nitrogens is 4. The van der Waals surface area contributed by atoms with Crippen LogP contribution in [-0.2, 0) is 14.3 Å². The molecule has 2 aromatic heterocycles. The van der Waals surface area contributed by atoms with Crippen molar-refractivity contribution >= 4 is 17.5 Å². The summed E-state index contributed by atoms with van der Waals surface area (Å²) in [6, 6.07) is 24.2. The molecular weight excluding hydrogens is 560 g/mol. The van der Waals surface area contributed by atoms with Crippen LogP contribution in [-0.4, -0.2) is 81.1 Å².